The number of halogens is 2. The summed E-state index contributed by atoms with van der Waals surface area (Å²) in [6.07, 6.45) is 0.555. The Labute approximate surface area is 239 Å². The van der Waals surface area contributed by atoms with E-state index < -0.39 is 29.1 Å². The van der Waals surface area contributed by atoms with E-state index in [9.17, 15) is 19.8 Å². The third kappa shape index (κ3) is 6.13. The van der Waals surface area contributed by atoms with E-state index in [1.165, 1.54) is 0 Å². The number of hydrogen-bond donors (Lipinski definition) is 2. The van der Waals surface area contributed by atoms with E-state index in [1.807, 2.05) is 54.3 Å². The molecule has 2 heterocycles. The van der Waals surface area contributed by atoms with Gasteiger partial charge in [-0.15, -0.1) is 0 Å². The molecular formula is C31H34Cl2N2O4. The fourth-order valence-corrected chi connectivity index (χ4v) is 6.07. The van der Waals surface area contributed by atoms with E-state index in [-0.39, 0.29) is 18.2 Å². The molecule has 2 aromatic carbocycles. The van der Waals surface area contributed by atoms with Gasteiger partial charge >= 0.3 is 5.97 Å². The lowest BCUT2D eigenvalue weighted by molar-refractivity contribution is -0.161. The molecule has 39 heavy (non-hydrogen) atoms. The Balaban J connectivity index is 1.97. The van der Waals surface area contributed by atoms with Crippen molar-refractivity contribution in [2.75, 3.05) is 0 Å². The molecule has 0 radical (unpaired) electrons. The highest BCUT2D eigenvalue weighted by Gasteiger charge is 2.52. The van der Waals surface area contributed by atoms with Gasteiger partial charge in [0.2, 0.25) is 5.91 Å². The number of nitrogens with zero attached hydrogens (tertiary/aromatic N) is 2. The summed E-state index contributed by atoms with van der Waals surface area (Å²) in [5.41, 5.74) is 0.594. The second-order valence-corrected chi connectivity index (χ2v) is 12.0. The van der Waals surface area contributed by atoms with E-state index in [0.717, 1.165) is 11.1 Å². The minimum absolute atomic E-state index is 0.245. The van der Waals surface area contributed by atoms with Crippen LogP contribution in [-0.4, -0.2) is 32.0 Å². The minimum Gasteiger partial charge on any atom is -0.481 e. The first-order chi connectivity index (χ1) is 18.3. The van der Waals surface area contributed by atoms with E-state index in [1.54, 1.807) is 45.0 Å². The van der Waals surface area contributed by atoms with Gasteiger partial charge in [-0.3, -0.25) is 14.6 Å². The zero-order chi connectivity index (χ0) is 28.5. The fraction of sp³-hybridized carbons (Fsp3) is 0.387. The molecule has 6 nitrogen and oxygen atoms in total. The van der Waals surface area contributed by atoms with Crippen molar-refractivity contribution < 1.29 is 19.8 Å². The molecule has 0 saturated carbocycles. The third-order valence-corrected chi connectivity index (χ3v) is 8.08. The zero-order valence-electron chi connectivity index (χ0n) is 22.6. The molecule has 3 aromatic rings. The molecular weight excluding hydrogens is 535 g/mol. The molecule has 0 spiro atoms. The lowest BCUT2D eigenvalue weighted by atomic mass is 9.67. The van der Waals surface area contributed by atoms with Crippen molar-refractivity contribution in [3.63, 3.8) is 0 Å². The third-order valence-electron chi connectivity index (χ3n) is 7.59. The SMILES string of the molecule is CC[C@@H](c1cccc(C(C)(C)O)n1)N1C(=O)[C@](C)(CC(=O)O)C[C@H](c2cccc(Cl)c2)[C@H]1c1ccc(Cl)cc1. The topological polar surface area (TPSA) is 90.7 Å². The summed E-state index contributed by atoms with van der Waals surface area (Å²) < 4.78 is 0. The van der Waals surface area contributed by atoms with E-state index in [0.29, 0.717) is 34.3 Å². The summed E-state index contributed by atoms with van der Waals surface area (Å²) in [5.74, 6) is -1.53. The Morgan fingerprint density at radius 1 is 1.08 bits per heavy atom. The number of amides is 1. The minimum atomic E-state index is -1.17. The predicted molar refractivity (Wildman–Crippen MR) is 153 cm³/mol. The van der Waals surface area contributed by atoms with Gasteiger partial charge in [-0.1, -0.05) is 67.4 Å². The van der Waals surface area contributed by atoms with Crippen LogP contribution in [0.25, 0.3) is 0 Å². The van der Waals surface area contributed by atoms with Crippen molar-refractivity contribution in [1.82, 2.24) is 9.88 Å². The van der Waals surface area contributed by atoms with Gasteiger partial charge < -0.3 is 15.1 Å². The van der Waals surface area contributed by atoms with E-state index in [4.69, 9.17) is 28.2 Å². The van der Waals surface area contributed by atoms with Gasteiger partial charge in [0.1, 0.15) is 5.60 Å². The van der Waals surface area contributed by atoms with Gasteiger partial charge in [-0.25, -0.2) is 0 Å². The van der Waals surface area contributed by atoms with Crippen LogP contribution in [-0.2, 0) is 15.2 Å². The normalized spacial score (nSPS) is 22.5. The first-order valence-electron chi connectivity index (χ1n) is 13.1. The van der Waals surface area contributed by atoms with Gasteiger partial charge in [0, 0.05) is 16.0 Å². The van der Waals surface area contributed by atoms with Gasteiger partial charge in [0.25, 0.3) is 0 Å². The molecule has 2 N–H and O–H groups in total. The van der Waals surface area contributed by atoms with Crippen molar-refractivity contribution in [3.05, 3.63) is 99.3 Å². The molecule has 206 valence electrons. The van der Waals surface area contributed by atoms with Crippen LogP contribution in [0.2, 0.25) is 10.0 Å². The first-order valence-corrected chi connectivity index (χ1v) is 13.8. The molecule has 0 bridgehead atoms. The van der Waals surface area contributed by atoms with Crippen molar-refractivity contribution in [2.45, 2.75) is 70.6 Å². The average Bonchev–Trinajstić information content (AvgIpc) is 2.87. The number of pyridine rings is 1. The number of hydrogen-bond acceptors (Lipinski definition) is 4. The Kier molecular flexibility index (Phi) is 8.41. The standard InChI is InChI=1S/C31H34Cl2N2O4/c1-5-25(24-10-7-11-26(34-24)30(2,3)39)35-28(19-12-14-21(32)15-13-19)23(20-8-6-9-22(33)16-20)17-31(4,29(35)38)18-27(36)37/h6-16,23,25,28,39H,5,17-18H2,1-4H3,(H,36,37)/t23-,25+,28-,31+/m1/s1. The number of piperidine rings is 1. The molecule has 8 heteroatoms. The van der Waals surface area contributed by atoms with Crippen LogP contribution in [0.1, 0.15) is 87.5 Å². The van der Waals surface area contributed by atoms with Crippen LogP contribution in [0.5, 0.6) is 0 Å². The Morgan fingerprint density at radius 3 is 2.33 bits per heavy atom. The smallest absolute Gasteiger partial charge is 0.304 e. The van der Waals surface area contributed by atoms with Crippen LogP contribution in [0.15, 0.2) is 66.7 Å². The lowest BCUT2D eigenvalue weighted by Gasteiger charge is -2.51. The first kappa shape index (κ1) is 29.1. The van der Waals surface area contributed by atoms with Gasteiger partial charge in [0.15, 0.2) is 0 Å². The maximum absolute atomic E-state index is 14.5. The molecule has 1 aliphatic heterocycles. The number of aliphatic carboxylic acids is 1. The van der Waals surface area contributed by atoms with E-state index in [2.05, 4.69) is 0 Å². The molecule has 1 amide bonds. The Hall–Kier alpha value is -2.93. The maximum atomic E-state index is 14.5. The fourth-order valence-electron chi connectivity index (χ4n) is 5.75. The second-order valence-electron chi connectivity index (χ2n) is 11.1. The monoisotopic (exact) mass is 568 g/mol. The molecule has 4 atom stereocenters. The van der Waals surface area contributed by atoms with Crippen molar-refractivity contribution in [1.29, 1.82) is 0 Å². The number of aromatic nitrogens is 1. The molecule has 4 rings (SSSR count). The highest BCUT2D eigenvalue weighted by atomic mass is 35.5. The number of carboxylic acid groups (broad SMARTS) is 1. The number of aliphatic hydroxyl groups is 1. The molecule has 0 unspecified atom stereocenters. The molecule has 1 aromatic heterocycles. The number of benzene rings is 2. The number of likely N-dealkylation sites (tertiary alicyclic amines) is 1. The van der Waals surface area contributed by atoms with Crippen LogP contribution in [0, 0.1) is 5.41 Å². The quantitative estimate of drug-likeness (QED) is 0.297. The van der Waals surface area contributed by atoms with Crippen LogP contribution >= 0.6 is 23.2 Å². The maximum Gasteiger partial charge on any atom is 0.304 e. The summed E-state index contributed by atoms with van der Waals surface area (Å²) in [7, 11) is 0. The van der Waals surface area contributed by atoms with Gasteiger partial charge in [-0.05, 0) is 74.2 Å². The van der Waals surface area contributed by atoms with Crippen LogP contribution in [0.4, 0.5) is 0 Å². The van der Waals surface area contributed by atoms with Crippen LogP contribution < -0.4 is 0 Å². The summed E-state index contributed by atoms with van der Waals surface area (Å²) >= 11 is 12.7. The van der Waals surface area contributed by atoms with Gasteiger partial charge in [-0.2, -0.15) is 0 Å². The molecule has 1 saturated heterocycles. The summed E-state index contributed by atoms with van der Waals surface area (Å²) in [6, 6.07) is 19.5. The largest absolute Gasteiger partial charge is 0.481 e. The predicted octanol–water partition coefficient (Wildman–Crippen LogP) is 7.31. The lowest BCUT2D eigenvalue weighted by Crippen LogP contribution is -2.53. The van der Waals surface area contributed by atoms with Crippen molar-refractivity contribution >= 4 is 35.1 Å². The Morgan fingerprint density at radius 2 is 1.74 bits per heavy atom. The van der Waals surface area contributed by atoms with Gasteiger partial charge in [0.05, 0.1) is 35.3 Å². The summed E-state index contributed by atoms with van der Waals surface area (Å²) in [6.45, 7) is 7.05. The average molecular weight is 570 g/mol. The Bertz CT molecular complexity index is 1360. The van der Waals surface area contributed by atoms with Crippen molar-refractivity contribution in [2.24, 2.45) is 5.41 Å². The van der Waals surface area contributed by atoms with Crippen molar-refractivity contribution in [3.8, 4) is 0 Å². The highest BCUT2D eigenvalue weighted by molar-refractivity contribution is 6.30. The molecule has 1 fully saturated rings. The number of carbonyl (C=O) groups is 2. The summed E-state index contributed by atoms with van der Waals surface area (Å²) in [5, 5.41) is 21.6. The summed E-state index contributed by atoms with van der Waals surface area (Å²) in [4.78, 5) is 33.1. The molecule has 1 aliphatic rings. The van der Waals surface area contributed by atoms with E-state index >= 15 is 0 Å². The number of carboxylic acids is 1. The number of carbonyl (C=O) groups excluding carboxylic acids is 1. The number of rotatable bonds is 8. The molecule has 0 aliphatic carbocycles. The zero-order valence-corrected chi connectivity index (χ0v) is 24.1. The van der Waals surface area contributed by atoms with Crippen LogP contribution in [0.3, 0.4) is 0 Å². The second kappa shape index (κ2) is 11.3. The highest BCUT2D eigenvalue weighted by Crippen LogP contribution is 2.54.